The topological polar surface area (TPSA) is 118 Å². The predicted octanol–water partition coefficient (Wildman–Crippen LogP) is 2.38. The molecule has 2 aromatic rings. The van der Waals surface area contributed by atoms with Crippen LogP contribution in [0.5, 0.6) is 0 Å². The van der Waals surface area contributed by atoms with Crippen LogP contribution >= 0.6 is 0 Å². The Bertz CT molecular complexity index is 1180. The second kappa shape index (κ2) is 8.99. The molecule has 1 heterocycles. The molecule has 0 bridgehead atoms. The fourth-order valence-electron chi connectivity index (χ4n) is 3.35. The van der Waals surface area contributed by atoms with Gasteiger partial charge in [-0.25, -0.2) is 21.2 Å². The van der Waals surface area contributed by atoms with Crippen molar-refractivity contribution in [3.63, 3.8) is 0 Å². The highest BCUT2D eigenvalue weighted by Gasteiger charge is 2.34. The largest absolute Gasteiger partial charge is 0.269 e. The first kappa shape index (κ1) is 23.3. The second-order valence-electron chi connectivity index (χ2n) is 7.06. The van der Waals surface area contributed by atoms with Crippen LogP contribution in [0.3, 0.4) is 0 Å². The fraction of sp³-hybridized carbons (Fsp3) is 0.368. The van der Waals surface area contributed by atoms with Crippen LogP contribution < -0.4 is 0 Å². The van der Waals surface area contributed by atoms with Gasteiger partial charge in [0.15, 0.2) is 0 Å². The molecule has 0 amide bonds. The summed E-state index contributed by atoms with van der Waals surface area (Å²) < 4.78 is 67.7. The number of aryl methyl sites for hydroxylation is 1. The SMILES string of the molecule is CCCc1ccc(S(=O)(=O)N2CCN(S(=O)(=O)c3ccc([N+](=O)[O-])cc3)CC2)cc1F. The molecule has 2 aromatic carbocycles. The van der Waals surface area contributed by atoms with Gasteiger partial charge in [-0.3, -0.25) is 10.1 Å². The molecule has 0 aromatic heterocycles. The van der Waals surface area contributed by atoms with E-state index in [9.17, 15) is 31.3 Å². The highest BCUT2D eigenvalue weighted by molar-refractivity contribution is 7.89. The van der Waals surface area contributed by atoms with Crippen molar-refractivity contribution in [1.29, 1.82) is 0 Å². The maximum Gasteiger partial charge on any atom is 0.269 e. The molecule has 31 heavy (non-hydrogen) atoms. The van der Waals surface area contributed by atoms with Gasteiger partial charge in [0.25, 0.3) is 5.69 Å². The maximum absolute atomic E-state index is 14.2. The van der Waals surface area contributed by atoms with Crippen molar-refractivity contribution in [2.45, 2.75) is 29.6 Å². The van der Waals surface area contributed by atoms with Crippen LogP contribution in [0.4, 0.5) is 10.1 Å². The van der Waals surface area contributed by atoms with Gasteiger partial charge in [-0.15, -0.1) is 0 Å². The van der Waals surface area contributed by atoms with E-state index in [0.29, 0.717) is 12.0 Å². The number of halogens is 1. The van der Waals surface area contributed by atoms with Crippen molar-refractivity contribution in [3.05, 3.63) is 64.0 Å². The van der Waals surface area contributed by atoms with Gasteiger partial charge < -0.3 is 0 Å². The molecular formula is C19H22FN3O6S2. The number of hydrogen-bond donors (Lipinski definition) is 0. The monoisotopic (exact) mass is 471 g/mol. The molecule has 3 rings (SSSR count). The van der Waals surface area contributed by atoms with Crippen LogP contribution in [0.25, 0.3) is 0 Å². The average Bonchev–Trinajstić information content (AvgIpc) is 2.75. The molecule has 1 fully saturated rings. The smallest absolute Gasteiger partial charge is 0.258 e. The molecule has 0 atom stereocenters. The number of nitro benzene ring substituents is 1. The highest BCUT2D eigenvalue weighted by atomic mass is 32.2. The van der Waals surface area contributed by atoms with Crippen LogP contribution in [0.2, 0.25) is 0 Å². The summed E-state index contributed by atoms with van der Waals surface area (Å²) in [5.74, 6) is -0.581. The third kappa shape index (κ3) is 4.76. The van der Waals surface area contributed by atoms with Gasteiger partial charge in [0, 0.05) is 38.3 Å². The first-order valence-corrected chi connectivity index (χ1v) is 12.5. The van der Waals surface area contributed by atoms with Crippen molar-refractivity contribution in [2.75, 3.05) is 26.2 Å². The Morgan fingerprint density at radius 1 is 0.903 bits per heavy atom. The van der Waals surface area contributed by atoms with Crippen LogP contribution in [0, 0.1) is 15.9 Å². The van der Waals surface area contributed by atoms with Crippen molar-refractivity contribution in [2.24, 2.45) is 0 Å². The van der Waals surface area contributed by atoms with E-state index in [4.69, 9.17) is 0 Å². The van der Waals surface area contributed by atoms with Gasteiger partial charge in [-0.2, -0.15) is 8.61 Å². The number of nitrogens with zero attached hydrogens (tertiary/aromatic N) is 3. The summed E-state index contributed by atoms with van der Waals surface area (Å²) in [4.78, 5) is 9.84. The number of sulfonamides is 2. The molecule has 0 aliphatic carbocycles. The summed E-state index contributed by atoms with van der Waals surface area (Å²) in [5, 5.41) is 10.7. The molecule has 0 N–H and O–H groups in total. The van der Waals surface area contributed by atoms with Crippen LogP contribution in [-0.2, 0) is 26.5 Å². The van der Waals surface area contributed by atoms with Gasteiger partial charge in [0.1, 0.15) is 5.82 Å². The molecule has 0 radical (unpaired) electrons. The molecule has 168 valence electrons. The third-order valence-electron chi connectivity index (χ3n) is 5.06. The Hall–Kier alpha value is -2.41. The van der Waals surface area contributed by atoms with Crippen LogP contribution in [0.15, 0.2) is 52.3 Å². The number of benzene rings is 2. The lowest BCUT2D eigenvalue weighted by molar-refractivity contribution is -0.384. The molecule has 1 saturated heterocycles. The van der Waals surface area contributed by atoms with Crippen molar-refractivity contribution in [1.82, 2.24) is 8.61 Å². The minimum Gasteiger partial charge on any atom is -0.258 e. The van der Waals surface area contributed by atoms with Crippen molar-refractivity contribution in [3.8, 4) is 0 Å². The summed E-state index contributed by atoms with van der Waals surface area (Å²) in [6.45, 7) is 1.54. The van der Waals surface area contributed by atoms with Gasteiger partial charge in [0.05, 0.1) is 14.7 Å². The number of rotatable bonds is 7. The molecule has 1 aliphatic rings. The average molecular weight is 472 g/mol. The number of hydrogen-bond acceptors (Lipinski definition) is 6. The number of nitro groups is 1. The fourth-order valence-corrected chi connectivity index (χ4v) is 6.21. The molecular weight excluding hydrogens is 449 g/mol. The summed E-state index contributed by atoms with van der Waals surface area (Å²) >= 11 is 0. The van der Waals surface area contributed by atoms with Gasteiger partial charge >= 0.3 is 0 Å². The molecule has 0 spiro atoms. The van der Waals surface area contributed by atoms with Crippen LogP contribution in [-0.4, -0.2) is 56.5 Å². The van der Waals surface area contributed by atoms with Gasteiger partial charge in [-0.1, -0.05) is 19.4 Å². The Balaban J connectivity index is 1.73. The minimum atomic E-state index is -3.97. The normalized spacial score (nSPS) is 16.3. The van der Waals surface area contributed by atoms with Crippen molar-refractivity contribution < 1.29 is 26.1 Å². The molecule has 1 aliphatic heterocycles. The van der Waals surface area contributed by atoms with E-state index in [1.807, 2.05) is 6.92 Å². The Kier molecular flexibility index (Phi) is 6.74. The Morgan fingerprint density at radius 3 is 1.84 bits per heavy atom. The first-order valence-electron chi connectivity index (χ1n) is 9.60. The summed E-state index contributed by atoms with van der Waals surface area (Å²) in [6.07, 6.45) is 1.24. The quantitative estimate of drug-likeness (QED) is 0.452. The molecule has 0 unspecified atom stereocenters. The zero-order chi connectivity index (χ0) is 22.8. The predicted molar refractivity (Wildman–Crippen MR) is 111 cm³/mol. The Morgan fingerprint density at radius 2 is 1.39 bits per heavy atom. The van der Waals surface area contributed by atoms with E-state index in [2.05, 4.69) is 0 Å². The van der Waals surface area contributed by atoms with E-state index < -0.39 is 30.8 Å². The zero-order valence-corrected chi connectivity index (χ0v) is 18.4. The summed E-state index contributed by atoms with van der Waals surface area (Å²) in [6, 6.07) is 8.33. The van der Waals surface area contributed by atoms with E-state index in [1.54, 1.807) is 0 Å². The lowest BCUT2D eigenvalue weighted by Gasteiger charge is -2.33. The van der Waals surface area contributed by atoms with Gasteiger partial charge in [-0.05, 0) is 36.2 Å². The molecule has 9 nitrogen and oxygen atoms in total. The highest BCUT2D eigenvalue weighted by Crippen LogP contribution is 2.24. The van der Waals surface area contributed by atoms with E-state index >= 15 is 0 Å². The lowest BCUT2D eigenvalue weighted by atomic mass is 10.1. The maximum atomic E-state index is 14.2. The number of piperazine rings is 1. The van der Waals surface area contributed by atoms with Gasteiger partial charge in [0.2, 0.25) is 20.0 Å². The number of non-ortho nitro benzene ring substituents is 1. The van der Waals surface area contributed by atoms with E-state index in [-0.39, 0.29) is 41.7 Å². The Labute approximate surface area is 180 Å². The molecule has 0 saturated carbocycles. The van der Waals surface area contributed by atoms with E-state index in [0.717, 1.165) is 45.4 Å². The minimum absolute atomic E-state index is 0.0883. The van der Waals surface area contributed by atoms with Crippen LogP contribution in [0.1, 0.15) is 18.9 Å². The summed E-state index contributed by atoms with van der Waals surface area (Å²) in [7, 11) is -7.90. The van der Waals surface area contributed by atoms with Crippen molar-refractivity contribution >= 4 is 25.7 Å². The zero-order valence-electron chi connectivity index (χ0n) is 16.8. The summed E-state index contributed by atoms with van der Waals surface area (Å²) in [5.41, 5.74) is 0.215. The first-order chi connectivity index (χ1) is 14.6. The standard InChI is InChI=1S/C19H22FN3O6S2/c1-2-3-15-4-7-18(14-19(15)20)31(28,29)22-12-10-21(11-13-22)30(26,27)17-8-5-16(6-9-17)23(24)25/h4-9,14H,2-3,10-13H2,1H3. The molecule has 12 heteroatoms. The second-order valence-corrected chi connectivity index (χ2v) is 10.9. The van der Waals surface area contributed by atoms with E-state index in [1.165, 1.54) is 12.1 Å². The third-order valence-corrected chi connectivity index (χ3v) is 8.87. The lowest BCUT2D eigenvalue weighted by Crippen LogP contribution is -2.50.